The second-order valence-electron chi connectivity index (χ2n) is 6.59. The summed E-state index contributed by atoms with van der Waals surface area (Å²) in [6.45, 7) is 10.8. The van der Waals surface area contributed by atoms with Crippen LogP contribution in [0.25, 0.3) is 0 Å². The van der Waals surface area contributed by atoms with Crippen LogP contribution < -0.4 is 0 Å². The third-order valence-electron chi connectivity index (χ3n) is 3.35. The molecule has 1 saturated carbocycles. The molecule has 2 rings (SSSR count). The lowest BCUT2D eigenvalue weighted by molar-refractivity contribution is -0.0310. The normalized spacial score (nSPS) is 25.2. The predicted octanol–water partition coefficient (Wildman–Crippen LogP) is 3.88. The average Bonchev–Trinajstić information content (AvgIpc) is 2.76. The van der Waals surface area contributed by atoms with E-state index in [2.05, 4.69) is 46.5 Å². The Balaban J connectivity index is 2.06. The zero-order chi connectivity index (χ0) is 13.4. The predicted molar refractivity (Wildman–Crippen MR) is 75.2 cm³/mol. The van der Waals surface area contributed by atoms with Crippen molar-refractivity contribution in [1.29, 1.82) is 0 Å². The largest absolute Gasteiger partial charge is 0.371 e. The van der Waals surface area contributed by atoms with Gasteiger partial charge in [-0.25, -0.2) is 0 Å². The fraction of sp³-hybridized carbons (Fsp3) is 0.529. The lowest BCUT2D eigenvalue weighted by Crippen LogP contribution is -2.22. The fourth-order valence-corrected chi connectivity index (χ4v) is 2.14. The van der Waals surface area contributed by atoms with Crippen LogP contribution in [0, 0.1) is 23.2 Å². The van der Waals surface area contributed by atoms with Gasteiger partial charge in [0.2, 0.25) is 0 Å². The molecule has 1 nitrogen and oxygen atoms in total. The molecule has 1 aliphatic rings. The van der Waals surface area contributed by atoms with Gasteiger partial charge >= 0.3 is 0 Å². The van der Waals surface area contributed by atoms with Crippen LogP contribution in [0.3, 0.4) is 0 Å². The van der Waals surface area contributed by atoms with Crippen LogP contribution in [0.4, 0.5) is 0 Å². The minimum atomic E-state index is -0.0921. The van der Waals surface area contributed by atoms with Crippen LogP contribution in [-0.2, 0) is 4.74 Å². The lowest BCUT2D eigenvalue weighted by Gasteiger charge is -2.20. The molecule has 1 aromatic carbocycles. The van der Waals surface area contributed by atoms with Crippen LogP contribution >= 0.6 is 0 Å². The molecule has 0 aromatic heterocycles. The zero-order valence-electron chi connectivity index (χ0n) is 11.9. The van der Waals surface area contributed by atoms with E-state index in [-0.39, 0.29) is 17.1 Å². The maximum atomic E-state index is 6.06. The fourth-order valence-electron chi connectivity index (χ4n) is 2.14. The molecule has 1 aliphatic carbocycles. The van der Waals surface area contributed by atoms with E-state index in [1.165, 1.54) is 0 Å². The number of hydrogen-bond acceptors (Lipinski definition) is 1. The molecule has 18 heavy (non-hydrogen) atoms. The van der Waals surface area contributed by atoms with E-state index in [4.69, 9.17) is 4.74 Å². The van der Waals surface area contributed by atoms with Crippen molar-refractivity contribution < 1.29 is 4.74 Å². The summed E-state index contributed by atoms with van der Waals surface area (Å²) in [7, 11) is 0. The van der Waals surface area contributed by atoms with Gasteiger partial charge in [0.15, 0.2) is 0 Å². The first kappa shape index (κ1) is 13.2. The van der Waals surface area contributed by atoms with Crippen LogP contribution in [0.15, 0.2) is 30.3 Å². The third kappa shape index (κ3) is 2.94. The minimum absolute atomic E-state index is 0.0921. The first-order valence-corrected chi connectivity index (χ1v) is 6.55. The summed E-state index contributed by atoms with van der Waals surface area (Å²) in [6.07, 6.45) is 0.258. The molecule has 0 heterocycles. The smallest absolute Gasteiger partial charge is 0.0789 e. The second-order valence-corrected chi connectivity index (χ2v) is 6.59. The standard InChI is InChI=1S/C17H22O/c1-16(2,3)18-15-14(17(15,4)5)12-11-13-9-7-6-8-10-13/h6-10,14-15H,1-5H3/t14-,15-/m1/s1. The Morgan fingerprint density at radius 3 is 2.28 bits per heavy atom. The van der Waals surface area contributed by atoms with Crippen molar-refractivity contribution in [2.24, 2.45) is 11.3 Å². The Kier molecular flexibility index (Phi) is 3.25. The topological polar surface area (TPSA) is 9.23 Å². The van der Waals surface area contributed by atoms with Crippen LogP contribution in [0.2, 0.25) is 0 Å². The molecule has 1 aromatic rings. The minimum Gasteiger partial charge on any atom is -0.371 e. The molecular formula is C17H22O. The molecule has 0 radical (unpaired) electrons. The molecule has 1 fully saturated rings. The van der Waals surface area contributed by atoms with Gasteiger partial charge in [-0.3, -0.25) is 0 Å². The van der Waals surface area contributed by atoms with Crippen molar-refractivity contribution in [2.75, 3.05) is 0 Å². The highest BCUT2D eigenvalue weighted by molar-refractivity contribution is 5.37. The van der Waals surface area contributed by atoms with Crippen LogP contribution in [0.1, 0.15) is 40.2 Å². The van der Waals surface area contributed by atoms with E-state index < -0.39 is 0 Å². The molecule has 0 unspecified atom stereocenters. The molecule has 1 heteroatoms. The van der Waals surface area contributed by atoms with Crippen molar-refractivity contribution in [2.45, 2.75) is 46.3 Å². The maximum Gasteiger partial charge on any atom is 0.0789 e. The highest BCUT2D eigenvalue weighted by Gasteiger charge is 2.59. The highest BCUT2D eigenvalue weighted by Crippen LogP contribution is 2.55. The molecule has 0 N–H and O–H groups in total. The van der Waals surface area contributed by atoms with Crippen molar-refractivity contribution in [1.82, 2.24) is 0 Å². The number of rotatable bonds is 1. The summed E-state index contributed by atoms with van der Waals surface area (Å²) >= 11 is 0. The van der Waals surface area contributed by atoms with Gasteiger partial charge in [0.1, 0.15) is 0 Å². The van der Waals surface area contributed by atoms with E-state index >= 15 is 0 Å². The van der Waals surface area contributed by atoms with Crippen molar-refractivity contribution in [3.63, 3.8) is 0 Å². The summed E-state index contributed by atoms with van der Waals surface area (Å²) in [6, 6.07) is 10.1. The Labute approximate surface area is 111 Å². The molecule has 2 atom stereocenters. The van der Waals surface area contributed by atoms with Gasteiger partial charge in [-0.05, 0) is 32.9 Å². The number of ether oxygens (including phenoxy) is 1. The van der Waals surface area contributed by atoms with Crippen molar-refractivity contribution in [3.8, 4) is 11.8 Å². The zero-order valence-corrected chi connectivity index (χ0v) is 11.9. The van der Waals surface area contributed by atoms with Crippen molar-refractivity contribution in [3.05, 3.63) is 35.9 Å². The Hall–Kier alpha value is -1.26. The molecule has 0 spiro atoms. The van der Waals surface area contributed by atoms with Gasteiger partial charge in [-0.15, -0.1) is 0 Å². The lowest BCUT2D eigenvalue weighted by atomic mass is 10.1. The van der Waals surface area contributed by atoms with E-state index in [0.717, 1.165) is 5.56 Å². The molecule has 0 saturated heterocycles. The first-order chi connectivity index (χ1) is 8.31. The monoisotopic (exact) mass is 242 g/mol. The van der Waals surface area contributed by atoms with Gasteiger partial charge in [0.25, 0.3) is 0 Å². The Bertz CT molecular complexity index is 468. The summed E-state index contributed by atoms with van der Waals surface area (Å²) in [5, 5.41) is 0. The van der Waals surface area contributed by atoms with Crippen LogP contribution in [0.5, 0.6) is 0 Å². The Morgan fingerprint density at radius 1 is 1.11 bits per heavy atom. The summed E-state index contributed by atoms with van der Waals surface area (Å²) in [4.78, 5) is 0. The number of hydrogen-bond donors (Lipinski definition) is 0. The maximum absolute atomic E-state index is 6.06. The second kappa shape index (κ2) is 4.44. The van der Waals surface area contributed by atoms with E-state index in [1.54, 1.807) is 0 Å². The molecule has 0 amide bonds. The van der Waals surface area contributed by atoms with Gasteiger partial charge in [0.05, 0.1) is 17.6 Å². The van der Waals surface area contributed by atoms with Gasteiger partial charge in [-0.2, -0.15) is 0 Å². The summed E-state index contributed by atoms with van der Waals surface area (Å²) < 4.78 is 6.06. The molecular weight excluding hydrogens is 220 g/mol. The average molecular weight is 242 g/mol. The molecule has 0 aliphatic heterocycles. The van der Waals surface area contributed by atoms with Gasteiger partial charge < -0.3 is 4.74 Å². The van der Waals surface area contributed by atoms with E-state index in [1.807, 2.05) is 30.3 Å². The third-order valence-corrected chi connectivity index (χ3v) is 3.35. The highest BCUT2D eigenvalue weighted by atomic mass is 16.5. The van der Waals surface area contributed by atoms with Crippen LogP contribution in [-0.4, -0.2) is 11.7 Å². The van der Waals surface area contributed by atoms with E-state index in [0.29, 0.717) is 5.92 Å². The number of benzene rings is 1. The van der Waals surface area contributed by atoms with Crippen molar-refractivity contribution >= 4 is 0 Å². The van der Waals surface area contributed by atoms with E-state index in [9.17, 15) is 0 Å². The SMILES string of the molecule is CC(C)(C)O[C@@H]1[C@@H](C#Cc2ccccc2)C1(C)C. The molecule has 96 valence electrons. The summed E-state index contributed by atoms with van der Waals surface area (Å²) in [5.41, 5.74) is 1.16. The quantitative estimate of drug-likeness (QED) is 0.679. The van der Waals surface area contributed by atoms with Gasteiger partial charge in [0, 0.05) is 11.0 Å². The van der Waals surface area contributed by atoms with Gasteiger partial charge in [-0.1, -0.05) is 43.9 Å². The molecule has 0 bridgehead atoms. The Morgan fingerprint density at radius 2 is 1.72 bits per heavy atom. The summed E-state index contributed by atoms with van der Waals surface area (Å²) in [5.74, 6) is 6.95. The first-order valence-electron chi connectivity index (χ1n) is 6.55.